The summed E-state index contributed by atoms with van der Waals surface area (Å²) in [7, 11) is 0. The van der Waals surface area contributed by atoms with E-state index in [9.17, 15) is 9.18 Å². The van der Waals surface area contributed by atoms with E-state index in [2.05, 4.69) is 10.3 Å². The fraction of sp³-hybridized carbons (Fsp3) is 0.111. The number of hydrogen-bond donors (Lipinski definition) is 1. The van der Waals surface area contributed by atoms with Crippen molar-refractivity contribution in [1.82, 2.24) is 9.55 Å². The summed E-state index contributed by atoms with van der Waals surface area (Å²) in [5.74, 6) is -0.721. The van der Waals surface area contributed by atoms with E-state index in [1.54, 1.807) is 25.3 Å². The van der Waals surface area contributed by atoms with E-state index >= 15 is 0 Å². The molecule has 122 valence electrons. The zero-order chi connectivity index (χ0) is 16.9. The van der Waals surface area contributed by atoms with Gasteiger partial charge in [0.25, 0.3) is 0 Å². The highest BCUT2D eigenvalue weighted by Gasteiger charge is 2.18. The molecule has 1 unspecified atom stereocenters. The number of rotatable bonds is 5. The number of anilines is 1. The number of carbonyl (C=O) groups is 1. The van der Waals surface area contributed by atoms with Gasteiger partial charge in [-0.15, -0.1) is 0 Å². The van der Waals surface area contributed by atoms with Crippen LogP contribution in [0.2, 0.25) is 0 Å². The van der Waals surface area contributed by atoms with Gasteiger partial charge in [-0.25, -0.2) is 9.37 Å². The molecule has 1 heterocycles. The summed E-state index contributed by atoms with van der Waals surface area (Å²) in [4.78, 5) is 16.6. The zero-order valence-electron chi connectivity index (χ0n) is 13.0. The lowest BCUT2D eigenvalue weighted by molar-refractivity contribution is -0.115. The number of nitrogens with zero attached hydrogens (tertiary/aromatic N) is 2. The first-order valence-electron chi connectivity index (χ1n) is 7.46. The number of thioether (sulfide) groups is 1. The number of aromatic nitrogens is 2. The molecule has 0 spiro atoms. The third-order valence-electron chi connectivity index (χ3n) is 3.42. The first kappa shape index (κ1) is 16.3. The van der Waals surface area contributed by atoms with Crippen LogP contribution in [0.3, 0.4) is 0 Å². The zero-order valence-corrected chi connectivity index (χ0v) is 13.8. The molecule has 3 rings (SSSR count). The molecule has 24 heavy (non-hydrogen) atoms. The number of benzene rings is 2. The first-order valence-corrected chi connectivity index (χ1v) is 8.34. The first-order chi connectivity index (χ1) is 11.6. The lowest BCUT2D eigenvalue weighted by Gasteiger charge is -2.13. The molecule has 2 aromatic carbocycles. The Kier molecular flexibility index (Phi) is 4.96. The van der Waals surface area contributed by atoms with Crippen LogP contribution in [0, 0.1) is 5.82 Å². The van der Waals surface area contributed by atoms with Gasteiger partial charge >= 0.3 is 0 Å². The lowest BCUT2D eigenvalue weighted by atomic mass is 10.3. The Morgan fingerprint density at radius 3 is 2.62 bits per heavy atom. The van der Waals surface area contributed by atoms with Gasteiger partial charge in [-0.1, -0.05) is 42.1 Å². The van der Waals surface area contributed by atoms with Crippen molar-refractivity contribution in [3.8, 4) is 5.69 Å². The van der Waals surface area contributed by atoms with Crippen LogP contribution in [0.5, 0.6) is 0 Å². The van der Waals surface area contributed by atoms with E-state index in [0.717, 1.165) is 5.69 Å². The molecule has 6 heteroatoms. The van der Waals surface area contributed by atoms with Gasteiger partial charge in [-0.2, -0.15) is 0 Å². The Hall–Kier alpha value is -2.60. The normalized spacial score (nSPS) is 11.9. The SMILES string of the molecule is CC(Sc1nccn1-c1ccccc1)C(=O)Nc1ccccc1F. The average molecular weight is 341 g/mol. The fourth-order valence-electron chi connectivity index (χ4n) is 2.17. The van der Waals surface area contributed by atoms with Gasteiger partial charge in [0, 0.05) is 18.1 Å². The summed E-state index contributed by atoms with van der Waals surface area (Å²) in [6, 6.07) is 15.9. The maximum Gasteiger partial charge on any atom is 0.237 e. The number of halogens is 1. The molecule has 0 aliphatic carbocycles. The van der Waals surface area contributed by atoms with Gasteiger partial charge in [-0.3, -0.25) is 9.36 Å². The molecule has 0 aliphatic rings. The number of amides is 1. The molecule has 1 N–H and O–H groups in total. The van der Waals surface area contributed by atoms with Crippen LogP contribution >= 0.6 is 11.8 Å². The molecule has 1 atom stereocenters. The third-order valence-corrected chi connectivity index (χ3v) is 4.50. The van der Waals surface area contributed by atoms with Gasteiger partial charge in [0.15, 0.2) is 5.16 Å². The molecule has 0 saturated heterocycles. The van der Waals surface area contributed by atoms with Crippen LogP contribution < -0.4 is 5.32 Å². The molecule has 3 aromatic rings. The summed E-state index contributed by atoms with van der Waals surface area (Å²) >= 11 is 1.32. The molecule has 0 radical (unpaired) electrons. The summed E-state index contributed by atoms with van der Waals surface area (Å²) < 4.78 is 15.6. The fourth-order valence-corrected chi connectivity index (χ4v) is 3.05. The van der Waals surface area contributed by atoms with E-state index in [1.807, 2.05) is 41.1 Å². The van der Waals surface area contributed by atoms with Gasteiger partial charge in [0.2, 0.25) is 5.91 Å². The average Bonchev–Trinajstić information content (AvgIpc) is 3.05. The molecule has 0 bridgehead atoms. The molecule has 1 aromatic heterocycles. The molecule has 1 amide bonds. The number of carbonyl (C=O) groups excluding carboxylic acids is 1. The van der Waals surface area contributed by atoms with Crippen molar-refractivity contribution in [2.75, 3.05) is 5.32 Å². The second-order valence-corrected chi connectivity index (χ2v) is 6.45. The Morgan fingerprint density at radius 2 is 1.88 bits per heavy atom. The quantitative estimate of drug-likeness (QED) is 0.710. The predicted molar refractivity (Wildman–Crippen MR) is 93.9 cm³/mol. The summed E-state index contributed by atoms with van der Waals surface area (Å²) in [5, 5.41) is 2.89. The topological polar surface area (TPSA) is 46.9 Å². The van der Waals surface area contributed by atoms with E-state index in [1.165, 1.54) is 23.9 Å². The maximum atomic E-state index is 13.6. The van der Waals surface area contributed by atoms with Crippen molar-refractivity contribution in [3.05, 3.63) is 72.8 Å². The predicted octanol–water partition coefficient (Wildman–Crippen LogP) is 4.13. The van der Waals surface area contributed by atoms with Crippen molar-refractivity contribution < 1.29 is 9.18 Å². The second-order valence-electron chi connectivity index (χ2n) is 5.14. The number of imidazole rings is 1. The van der Waals surface area contributed by atoms with Crippen molar-refractivity contribution in [2.45, 2.75) is 17.3 Å². The second kappa shape index (κ2) is 7.31. The smallest absolute Gasteiger partial charge is 0.237 e. The van der Waals surface area contributed by atoms with E-state index < -0.39 is 11.1 Å². The van der Waals surface area contributed by atoms with E-state index in [0.29, 0.717) is 5.16 Å². The molecular formula is C18H16FN3OS. The third kappa shape index (κ3) is 3.65. The van der Waals surface area contributed by atoms with Gasteiger partial charge < -0.3 is 5.32 Å². The minimum absolute atomic E-state index is 0.182. The van der Waals surface area contributed by atoms with Crippen LogP contribution in [-0.4, -0.2) is 20.7 Å². The number of para-hydroxylation sites is 2. The van der Waals surface area contributed by atoms with Crippen LogP contribution in [0.1, 0.15) is 6.92 Å². The lowest BCUT2D eigenvalue weighted by Crippen LogP contribution is -2.23. The Bertz CT molecular complexity index is 835. The van der Waals surface area contributed by atoms with Crippen molar-refractivity contribution in [3.63, 3.8) is 0 Å². The van der Waals surface area contributed by atoms with E-state index in [-0.39, 0.29) is 11.6 Å². The van der Waals surface area contributed by atoms with Crippen LogP contribution in [0.15, 0.2) is 72.1 Å². The highest BCUT2D eigenvalue weighted by molar-refractivity contribution is 8.00. The highest BCUT2D eigenvalue weighted by Crippen LogP contribution is 2.25. The Balaban J connectivity index is 1.72. The Labute approximate surface area is 143 Å². The van der Waals surface area contributed by atoms with Crippen molar-refractivity contribution in [1.29, 1.82) is 0 Å². The molecule has 4 nitrogen and oxygen atoms in total. The summed E-state index contributed by atoms with van der Waals surface area (Å²) in [6.07, 6.45) is 3.54. The monoisotopic (exact) mass is 341 g/mol. The van der Waals surface area contributed by atoms with Crippen LogP contribution in [0.25, 0.3) is 5.69 Å². The standard InChI is InChI=1S/C18H16FN3OS/c1-13(17(23)21-16-10-6-5-9-15(16)19)24-18-20-11-12-22(18)14-7-3-2-4-8-14/h2-13H,1H3,(H,21,23). The molecule has 0 fully saturated rings. The highest BCUT2D eigenvalue weighted by atomic mass is 32.2. The number of nitrogens with one attached hydrogen (secondary N) is 1. The summed E-state index contributed by atoms with van der Waals surface area (Å²) in [5.41, 5.74) is 1.15. The molecule has 0 saturated carbocycles. The largest absolute Gasteiger partial charge is 0.323 e. The van der Waals surface area contributed by atoms with Gasteiger partial charge in [0.1, 0.15) is 5.82 Å². The minimum atomic E-state index is -0.450. The summed E-state index contributed by atoms with van der Waals surface area (Å²) in [6.45, 7) is 1.77. The van der Waals surface area contributed by atoms with Gasteiger partial charge in [0.05, 0.1) is 10.9 Å². The van der Waals surface area contributed by atoms with Gasteiger partial charge in [-0.05, 0) is 31.2 Å². The maximum absolute atomic E-state index is 13.6. The van der Waals surface area contributed by atoms with Crippen molar-refractivity contribution in [2.24, 2.45) is 0 Å². The number of hydrogen-bond acceptors (Lipinski definition) is 3. The molecule has 0 aliphatic heterocycles. The Morgan fingerprint density at radius 1 is 1.17 bits per heavy atom. The van der Waals surface area contributed by atoms with E-state index in [4.69, 9.17) is 0 Å². The molecular weight excluding hydrogens is 325 g/mol. The van der Waals surface area contributed by atoms with Crippen LogP contribution in [0.4, 0.5) is 10.1 Å². The van der Waals surface area contributed by atoms with Crippen molar-refractivity contribution >= 4 is 23.4 Å². The van der Waals surface area contributed by atoms with Crippen LogP contribution in [-0.2, 0) is 4.79 Å². The minimum Gasteiger partial charge on any atom is -0.323 e.